The smallest absolute Gasteiger partial charge is 0.358 e. The fourth-order valence-electron chi connectivity index (χ4n) is 0.664. The van der Waals surface area contributed by atoms with Crippen LogP contribution < -0.4 is 0 Å². The number of aryl methyl sites for hydroxylation is 1. The van der Waals surface area contributed by atoms with Crippen molar-refractivity contribution in [1.82, 2.24) is 0 Å². The molecule has 0 aliphatic rings. The molecule has 0 atom stereocenters. The summed E-state index contributed by atoms with van der Waals surface area (Å²) in [5, 5.41) is 0. The van der Waals surface area contributed by atoms with Crippen LogP contribution in [-0.2, 0) is 32.2 Å². The van der Waals surface area contributed by atoms with Crippen LogP contribution in [-0.4, -0.2) is 8.95 Å². The maximum absolute atomic E-state index is 9.06. The maximum Gasteiger partial charge on any atom is -0.358 e. The Morgan fingerprint density at radius 2 is 1.69 bits per heavy atom. The van der Waals surface area contributed by atoms with E-state index in [9.17, 15) is 0 Å². The zero-order valence-corrected chi connectivity index (χ0v) is 9.42. The minimum Gasteiger partial charge on any atom is -0.358 e. The number of rotatable bonds is 1. The van der Waals surface area contributed by atoms with Crippen molar-refractivity contribution in [1.29, 1.82) is 0 Å². The quantitative estimate of drug-likeness (QED) is 0.571. The van der Waals surface area contributed by atoms with E-state index in [1.165, 1.54) is 14.5 Å². The Morgan fingerprint density at radius 3 is 1.85 bits per heavy atom. The van der Waals surface area contributed by atoms with Gasteiger partial charge in [-0.25, -0.2) is 12.1 Å². The summed E-state index contributed by atoms with van der Waals surface area (Å²) in [6.45, 7) is 2.16. The Balaban J connectivity index is 0. The van der Waals surface area contributed by atoms with E-state index in [0.29, 0.717) is 0 Å². The molecule has 0 unspecified atom stereocenters. The van der Waals surface area contributed by atoms with Crippen LogP contribution in [0, 0.1) is 7.43 Å². The monoisotopic (exact) mass is 266 g/mol. The van der Waals surface area contributed by atoms with Crippen molar-refractivity contribution < 1.29 is 25.8 Å². The largest absolute Gasteiger partial charge is 0.358 e. The maximum atomic E-state index is 9.06. The van der Waals surface area contributed by atoms with Gasteiger partial charge in [-0.1, -0.05) is 13.3 Å². The van der Waals surface area contributed by atoms with Crippen LogP contribution in [0.3, 0.4) is 0 Å². The second-order valence-corrected chi connectivity index (χ2v) is 3.02. The van der Waals surface area contributed by atoms with Gasteiger partial charge in [0.05, 0.1) is 0 Å². The van der Waals surface area contributed by atoms with E-state index in [0.717, 1.165) is 6.42 Å². The van der Waals surface area contributed by atoms with Crippen molar-refractivity contribution in [2.75, 3.05) is 0 Å². The normalized spacial score (nSPS) is 6.85. The average Bonchev–Trinajstić information content (AvgIpc) is 2.58. The average molecular weight is 265 g/mol. The standard InChI is InChI=1S/C7H9.2CO.CH3.Ru/c1-2-7-5-3-4-6-7;2*1-2;;/h3-6H,2H2,1H3;;;1H3;/q-1;;;-1;. The Morgan fingerprint density at radius 1 is 1.23 bits per heavy atom. The summed E-state index contributed by atoms with van der Waals surface area (Å²) in [6.07, 6.45) is 1.16. The molecule has 13 heavy (non-hydrogen) atoms. The summed E-state index contributed by atoms with van der Waals surface area (Å²) in [5.74, 6) is 0. The molecular weight excluding hydrogens is 253 g/mol. The Bertz CT molecular complexity index is 286. The van der Waals surface area contributed by atoms with Gasteiger partial charge in [0.2, 0.25) is 0 Å². The van der Waals surface area contributed by atoms with Crippen LogP contribution in [0.15, 0.2) is 24.3 Å². The molecule has 0 aliphatic heterocycles. The molecule has 0 fully saturated rings. The van der Waals surface area contributed by atoms with Gasteiger partial charge in [-0.15, -0.1) is 0 Å². The summed E-state index contributed by atoms with van der Waals surface area (Å²) in [5.41, 5.74) is 1.43. The van der Waals surface area contributed by atoms with Crippen molar-refractivity contribution in [3.05, 3.63) is 37.3 Å². The van der Waals surface area contributed by atoms with Gasteiger partial charge in [-0.05, 0) is 0 Å². The molecule has 1 aromatic carbocycles. The zero-order chi connectivity index (χ0) is 9.23. The SMILES string of the molecule is CC[c-]1cccc1.O=[C]=[Ru]=[C]=O.[CH3-]. The molecule has 0 radical (unpaired) electrons. The number of carbonyl (C=O) groups excluding carboxylic acids is 2. The third kappa shape index (κ3) is 9.04. The third-order valence-corrected chi connectivity index (χ3v) is 1.57. The predicted octanol–water partition coefficient (Wildman–Crippen LogP) is 1.62. The van der Waals surface area contributed by atoms with Crippen molar-refractivity contribution >= 4 is 8.95 Å². The Hall–Kier alpha value is -0.867. The van der Waals surface area contributed by atoms with Crippen molar-refractivity contribution in [2.24, 2.45) is 0 Å². The van der Waals surface area contributed by atoms with Crippen LogP contribution in [0.25, 0.3) is 0 Å². The minimum absolute atomic E-state index is 0. The molecule has 74 valence electrons. The molecule has 3 heteroatoms. The van der Waals surface area contributed by atoms with E-state index in [-0.39, 0.29) is 7.43 Å². The van der Waals surface area contributed by atoms with Gasteiger partial charge in [-0.2, -0.15) is 17.7 Å². The predicted molar refractivity (Wildman–Crippen MR) is 49.2 cm³/mol. The van der Waals surface area contributed by atoms with Gasteiger partial charge in [0.15, 0.2) is 0 Å². The van der Waals surface area contributed by atoms with Crippen LogP contribution in [0.4, 0.5) is 0 Å². The molecule has 2 nitrogen and oxygen atoms in total. The van der Waals surface area contributed by atoms with E-state index < -0.39 is 16.2 Å². The summed E-state index contributed by atoms with van der Waals surface area (Å²) >= 11 is -0.842. The first-order valence-electron chi connectivity index (χ1n) is 3.40. The van der Waals surface area contributed by atoms with E-state index in [4.69, 9.17) is 9.59 Å². The van der Waals surface area contributed by atoms with Crippen LogP contribution >= 0.6 is 0 Å². The number of hydrogen-bond donors (Lipinski definition) is 0. The second kappa shape index (κ2) is 11.1. The molecule has 0 spiro atoms. The van der Waals surface area contributed by atoms with Crippen molar-refractivity contribution in [3.8, 4) is 0 Å². The molecule has 0 aliphatic carbocycles. The van der Waals surface area contributed by atoms with E-state index in [1.54, 1.807) is 0 Å². The Labute approximate surface area is 85.6 Å². The molecule has 0 saturated heterocycles. The van der Waals surface area contributed by atoms with E-state index in [2.05, 4.69) is 31.2 Å². The van der Waals surface area contributed by atoms with Gasteiger partial charge in [0.1, 0.15) is 0 Å². The van der Waals surface area contributed by atoms with Gasteiger partial charge >= 0.3 is 34.8 Å². The molecule has 0 N–H and O–H groups in total. The molecule has 0 bridgehead atoms. The first-order valence-corrected chi connectivity index (χ1v) is 5.14. The fraction of sp³-hybridized carbons (Fsp3) is 0.200. The Kier molecular flexibility index (Phi) is 12.5. The molecule has 0 amide bonds. The molecule has 1 aromatic rings. The van der Waals surface area contributed by atoms with Crippen LogP contribution in [0.2, 0.25) is 0 Å². The topological polar surface area (TPSA) is 34.1 Å². The van der Waals surface area contributed by atoms with Crippen molar-refractivity contribution in [2.45, 2.75) is 13.3 Å². The number of hydrogen-bond acceptors (Lipinski definition) is 2. The van der Waals surface area contributed by atoms with E-state index in [1.807, 2.05) is 0 Å². The molecule has 0 saturated carbocycles. The second-order valence-electron chi connectivity index (χ2n) is 1.88. The zero-order valence-electron chi connectivity index (χ0n) is 7.69. The first-order chi connectivity index (χ1) is 5.85. The van der Waals surface area contributed by atoms with Crippen LogP contribution in [0.1, 0.15) is 12.5 Å². The first kappa shape index (κ1) is 14.6. The fourth-order valence-corrected chi connectivity index (χ4v) is 0.737. The van der Waals surface area contributed by atoms with Gasteiger partial charge in [0, 0.05) is 0 Å². The van der Waals surface area contributed by atoms with E-state index >= 15 is 0 Å². The molecular formula is C10H12O2Ru-2. The summed E-state index contributed by atoms with van der Waals surface area (Å²) < 4.78 is 2.87. The molecule has 0 aromatic heterocycles. The molecule has 1 rings (SSSR count). The third-order valence-electron chi connectivity index (χ3n) is 1.21. The van der Waals surface area contributed by atoms with Crippen LogP contribution in [0.5, 0.6) is 0 Å². The van der Waals surface area contributed by atoms with Crippen molar-refractivity contribution in [3.63, 3.8) is 0 Å². The summed E-state index contributed by atoms with van der Waals surface area (Å²) in [6, 6.07) is 8.41. The summed E-state index contributed by atoms with van der Waals surface area (Å²) in [7, 11) is 0. The van der Waals surface area contributed by atoms with Gasteiger partial charge in [0.25, 0.3) is 0 Å². The van der Waals surface area contributed by atoms with Gasteiger partial charge in [-0.3, -0.25) is 0 Å². The minimum atomic E-state index is -0.842. The van der Waals surface area contributed by atoms with Gasteiger partial charge < -0.3 is 7.43 Å². The molecule has 0 heterocycles. The summed E-state index contributed by atoms with van der Waals surface area (Å²) in [4.78, 5) is 18.1.